The number of rotatable bonds is 4. The van der Waals surface area contributed by atoms with Crippen LogP contribution in [0.25, 0.3) is 0 Å². The number of fused-ring (bicyclic) bond motifs is 1. The van der Waals surface area contributed by atoms with E-state index in [1.165, 1.54) is 25.7 Å². The highest BCUT2D eigenvalue weighted by molar-refractivity contribution is 6.00. The van der Waals surface area contributed by atoms with Gasteiger partial charge >= 0.3 is 0 Å². The van der Waals surface area contributed by atoms with Crippen molar-refractivity contribution in [3.8, 4) is 5.75 Å². The summed E-state index contributed by atoms with van der Waals surface area (Å²) in [5, 5.41) is 0. The Balaban J connectivity index is 1.50. The quantitative estimate of drug-likeness (QED) is 0.765. The van der Waals surface area contributed by atoms with Crippen LogP contribution in [0, 0.1) is 17.8 Å². The first-order chi connectivity index (χ1) is 9.33. The minimum Gasteiger partial charge on any atom is -0.490 e. The number of Topliss-reactive ketones (excluding diaryl/α,β-unsaturated/α-hetero) is 1. The second kappa shape index (κ2) is 4.36. The van der Waals surface area contributed by atoms with E-state index in [9.17, 15) is 4.79 Å². The van der Waals surface area contributed by atoms with E-state index in [-0.39, 0.29) is 0 Å². The molecule has 3 fully saturated rings. The summed E-state index contributed by atoms with van der Waals surface area (Å²) in [6, 6.07) is 7.82. The number of hydrogen-bond acceptors (Lipinski definition) is 2. The van der Waals surface area contributed by atoms with Gasteiger partial charge < -0.3 is 4.74 Å². The smallest absolute Gasteiger partial charge is 0.166 e. The summed E-state index contributed by atoms with van der Waals surface area (Å²) in [6.07, 6.45) is 7.87. The lowest BCUT2D eigenvalue weighted by molar-refractivity contribution is 0.0956. The summed E-state index contributed by atoms with van der Waals surface area (Å²) in [5.74, 6) is 2.93. The van der Waals surface area contributed by atoms with Crippen molar-refractivity contribution in [3.63, 3.8) is 0 Å². The average Bonchev–Trinajstić information content (AvgIpc) is 3.33. The van der Waals surface area contributed by atoms with Crippen LogP contribution in [0.2, 0.25) is 0 Å². The molecule has 0 radical (unpaired) electrons. The second-order valence-electron chi connectivity index (χ2n) is 6.35. The van der Waals surface area contributed by atoms with Gasteiger partial charge in [0.15, 0.2) is 5.78 Å². The largest absolute Gasteiger partial charge is 0.490 e. The Morgan fingerprint density at radius 2 is 1.79 bits per heavy atom. The molecule has 4 rings (SSSR count). The average molecular weight is 256 g/mol. The van der Waals surface area contributed by atoms with E-state index in [2.05, 4.69) is 0 Å². The molecule has 2 unspecified atom stereocenters. The molecule has 2 nitrogen and oxygen atoms in total. The predicted octanol–water partition coefficient (Wildman–Crippen LogP) is 3.85. The maximum absolute atomic E-state index is 12.6. The minimum absolute atomic E-state index is 0.318. The van der Waals surface area contributed by atoms with Gasteiger partial charge in [-0.3, -0.25) is 4.79 Å². The van der Waals surface area contributed by atoms with E-state index in [1.54, 1.807) is 0 Å². The third-order valence-corrected chi connectivity index (χ3v) is 4.90. The monoisotopic (exact) mass is 256 g/mol. The molecule has 0 amide bonds. The standard InChI is InChI=1S/C17H20O2/c18-17(16-14-6-1-2-7-15(14)16)11-4-3-5-13(10-11)19-12-8-9-12/h3-5,10,12,14-16H,1-2,6-9H2. The van der Waals surface area contributed by atoms with Crippen LogP contribution in [0.4, 0.5) is 0 Å². The lowest BCUT2D eigenvalue weighted by Gasteiger charge is -2.06. The highest BCUT2D eigenvalue weighted by atomic mass is 16.5. The Kier molecular flexibility index (Phi) is 2.64. The van der Waals surface area contributed by atoms with Crippen molar-refractivity contribution in [1.29, 1.82) is 0 Å². The number of hydrogen-bond donors (Lipinski definition) is 0. The number of ether oxygens (including phenoxy) is 1. The van der Waals surface area contributed by atoms with Gasteiger partial charge in [0.2, 0.25) is 0 Å². The van der Waals surface area contributed by atoms with Crippen molar-refractivity contribution in [2.45, 2.75) is 44.6 Å². The third-order valence-electron chi connectivity index (χ3n) is 4.90. The molecule has 3 saturated carbocycles. The van der Waals surface area contributed by atoms with E-state index < -0.39 is 0 Å². The Bertz CT molecular complexity index is 492. The van der Waals surface area contributed by atoms with Gasteiger partial charge in [0.05, 0.1) is 6.10 Å². The Morgan fingerprint density at radius 1 is 1.05 bits per heavy atom. The molecule has 0 N–H and O–H groups in total. The van der Waals surface area contributed by atoms with Gasteiger partial charge in [-0.05, 0) is 49.7 Å². The molecular weight excluding hydrogens is 236 g/mol. The minimum atomic E-state index is 0.318. The summed E-state index contributed by atoms with van der Waals surface area (Å²) >= 11 is 0. The van der Waals surface area contributed by atoms with Gasteiger partial charge in [-0.1, -0.05) is 25.0 Å². The van der Waals surface area contributed by atoms with Gasteiger partial charge in [-0.15, -0.1) is 0 Å². The fourth-order valence-electron chi connectivity index (χ4n) is 3.67. The molecule has 0 spiro atoms. The lowest BCUT2D eigenvalue weighted by atomic mass is 10.0. The summed E-state index contributed by atoms with van der Waals surface area (Å²) in [5.41, 5.74) is 0.859. The topological polar surface area (TPSA) is 26.3 Å². The highest BCUT2D eigenvalue weighted by Crippen LogP contribution is 2.56. The molecule has 19 heavy (non-hydrogen) atoms. The van der Waals surface area contributed by atoms with Crippen LogP contribution in [0.5, 0.6) is 5.75 Å². The molecule has 100 valence electrons. The molecular formula is C17H20O2. The second-order valence-corrected chi connectivity index (χ2v) is 6.35. The van der Waals surface area contributed by atoms with Crippen LogP contribution < -0.4 is 4.74 Å². The van der Waals surface area contributed by atoms with Crippen molar-refractivity contribution in [2.75, 3.05) is 0 Å². The van der Waals surface area contributed by atoms with E-state index in [1.807, 2.05) is 24.3 Å². The Labute approximate surface area is 114 Å². The van der Waals surface area contributed by atoms with Crippen LogP contribution in [0.1, 0.15) is 48.9 Å². The van der Waals surface area contributed by atoms with Gasteiger partial charge in [0.1, 0.15) is 5.75 Å². The lowest BCUT2D eigenvalue weighted by Crippen LogP contribution is -2.05. The van der Waals surface area contributed by atoms with E-state index in [4.69, 9.17) is 4.74 Å². The predicted molar refractivity (Wildman–Crippen MR) is 73.4 cm³/mol. The SMILES string of the molecule is O=C(c1cccc(OC2CC2)c1)C1C2CCCCC21. The normalized spacial score (nSPS) is 32.5. The number of carbonyl (C=O) groups is 1. The molecule has 1 aromatic carbocycles. The fourth-order valence-corrected chi connectivity index (χ4v) is 3.67. The van der Waals surface area contributed by atoms with Gasteiger partial charge in [0.25, 0.3) is 0 Å². The first-order valence-electron chi connectivity index (χ1n) is 7.64. The van der Waals surface area contributed by atoms with Gasteiger partial charge in [-0.25, -0.2) is 0 Å². The van der Waals surface area contributed by atoms with E-state index >= 15 is 0 Å². The van der Waals surface area contributed by atoms with Crippen molar-refractivity contribution >= 4 is 5.78 Å². The van der Waals surface area contributed by atoms with Crippen molar-refractivity contribution in [2.24, 2.45) is 17.8 Å². The van der Waals surface area contributed by atoms with Crippen molar-refractivity contribution in [3.05, 3.63) is 29.8 Å². The summed E-state index contributed by atoms with van der Waals surface area (Å²) < 4.78 is 5.78. The van der Waals surface area contributed by atoms with E-state index in [0.29, 0.717) is 29.6 Å². The van der Waals surface area contributed by atoms with Crippen LogP contribution in [0.3, 0.4) is 0 Å². The first kappa shape index (κ1) is 11.5. The maximum Gasteiger partial charge on any atom is 0.166 e. The summed E-state index contributed by atoms with van der Waals surface area (Å²) in [7, 11) is 0. The third kappa shape index (κ3) is 2.18. The highest BCUT2D eigenvalue weighted by Gasteiger charge is 2.54. The summed E-state index contributed by atoms with van der Waals surface area (Å²) in [4.78, 5) is 12.6. The van der Waals surface area contributed by atoms with Crippen LogP contribution in [0.15, 0.2) is 24.3 Å². The van der Waals surface area contributed by atoms with Crippen molar-refractivity contribution in [1.82, 2.24) is 0 Å². The Hall–Kier alpha value is -1.31. The summed E-state index contributed by atoms with van der Waals surface area (Å²) in [6.45, 7) is 0. The molecule has 2 heteroatoms. The molecule has 1 aromatic rings. The number of carbonyl (C=O) groups excluding carboxylic acids is 1. The van der Waals surface area contributed by atoms with Gasteiger partial charge in [0, 0.05) is 11.5 Å². The number of benzene rings is 1. The van der Waals surface area contributed by atoms with Crippen LogP contribution in [-0.2, 0) is 0 Å². The molecule has 0 aliphatic heterocycles. The molecule has 0 saturated heterocycles. The fraction of sp³-hybridized carbons (Fsp3) is 0.588. The Morgan fingerprint density at radius 3 is 2.47 bits per heavy atom. The van der Waals surface area contributed by atoms with E-state index in [0.717, 1.165) is 24.2 Å². The first-order valence-corrected chi connectivity index (χ1v) is 7.64. The molecule has 0 heterocycles. The zero-order valence-corrected chi connectivity index (χ0v) is 11.2. The van der Waals surface area contributed by atoms with Crippen LogP contribution in [-0.4, -0.2) is 11.9 Å². The van der Waals surface area contributed by atoms with Crippen molar-refractivity contribution < 1.29 is 9.53 Å². The molecule has 3 aliphatic carbocycles. The zero-order chi connectivity index (χ0) is 12.8. The number of ketones is 1. The van der Waals surface area contributed by atoms with Crippen LogP contribution >= 0.6 is 0 Å². The zero-order valence-electron chi connectivity index (χ0n) is 11.2. The molecule has 0 aromatic heterocycles. The maximum atomic E-state index is 12.6. The molecule has 3 aliphatic rings. The van der Waals surface area contributed by atoms with Gasteiger partial charge in [-0.2, -0.15) is 0 Å². The molecule has 2 atom stereocenters. The molecule has 0 bridgehead atoms.